The van der Waals surface area contributed by atoms with Crippen LogP contribution < -0.4 is 11.1 Å². The van der Waals surface area contributed by atoms with E-state index in [-0.39, 0.29) is 35.1 Å². The van der Waals surface area contributed by atoms with Crippen LogP contribution in [0.2, 0.25) is 5.02 Å². The topological polar surface area (TPSA) is 146 Å². The molecule has 0 spiro atoms. The highest BCUT2D eigenvalue weighted by molar-refractivity contribution is 6.32. The largest absolute Gasteiger partial charge is 0.447 e. The number of carbonyl (C=O) groups excluding carboxylic acids is 2. The maximum absolute atomic E-state index is 14.8. The molecule has 3 heterocycles. The zero-order chi connectivity index (χ0) is 36.8. The summed E-state index contributed by atoms with van der Waals surface area (Å²) in [7, 11) is 0. The Morgan fingerprint density at radius 3 is 2.43 bits per heavy atom. The fourth-order valence-electron chi connectivity index (χ4n) is 6.07. The molecule has 18 heteroatoms. The van der Waals surface area contributed by atoms with Gasteiger partial charge in [0.25, 0.3) is 12.3 Å². The third-order valence-corrected chi connectivity index (χ3v) is 8.78. The molecule has 270 valence electrons. The standard InChI is InChI=1S/C33H33ClF5N9O3/c1-32(2,3)15-33(20-7-4-17(5-8-20)19-12-42-46(13-19)29(38)39)28(49)47(30(40)45-33)25(14-51-31(50)44-23-11-22(23)35)18-6-9-21(34)24(10-18)48-27(26(36)37)41-16-43-48/h4-10,12-13,16,22-23,25-26,29H,11,14-15H2,1-3H3,(H2,40,45)(H,44,50)/t22-,23+,25-,33-/m1/s1. The van der Waals surface area contributed by atoms with Crippen molar-refractivity contribution in [2.75, 3.05) is 6.61 Å². The van der Waals surface area contributed by atoms with Crippen molar-refractivity contribution in [3.05, 3.63) is 83.2 Å². The van der Waals surface area contributed by atoms with Crippen LogP contribution in [0.4, 0.5) is 26.7 Å². The number of aliphatic imine (C=N–C) groups is 1. The lowest BCUT2D eigenvalue weighted by atomic mass is 9.75. The molecule has 2 amide bonds. The van der Waals surface area contributed by atoms with Gasteiger partial charge in [-0.1, -0.05) is 62.7 Å². The summed E-state index contributed by atoms with van der Waals surface area (Å²) in [6.45, 7) is 2.41. The van der Waals surface area contributed by atoms with Crippen LogP contribution in [-0.4, -0.2) is 66.2 Å². The Balaban J connectivity index is 1.40. The van der Waals surface area contributed by atoms with Crippen molar-refractivity contribution in [2.45, 2.75) is 70.4 Å². The molecule has 1 fully saturated rings. The maximum Gasteiger partial charge on any atom is 0.407 e. The molecule has 2 aromatic carbocycles. The number of nitrogens with two attached hydrogens (primary N) is 1. The van der Waals surface area contributed by atoms with E-state index in [1.165, 1.54) is 30.6 Å². The van der Waals surface area contributed by atoms with Crippen LogP contribution in [-0.2, 0) is 15.1 Å². The fourth-order valence-corrected chi connectivity index (χ4v) is 6.27. The monoisotopic (exact) mass is 733 g/mol. The Kier molecular flexibility index (Phi) is 9.52. The summed E-state index contributed by atoms with van der Waals surface area (Å²) in [5, 5.41) is 10.0. The molecule has 12 nitrogen and oxygen atoms in total. The van der Waals surface area contributed by atoms with Gasteiger partial charge in [0.15, 0.2) is 17.3 Å². The summed E-state index contributed by atoms with van der Waals surface area (Å²) in [5.41, 5.74) is 6.15. The number of hydrogen-bond acceptors (Lipinski definition) is 8. The Labute approximate surface area is 293 Å². The van der Waals surface area contributed by atoms with Crippen LogP contribution in [0.1, 0.15) is 69.6 Å². The third-order valence-electron chi connectivity index (χ3n) is 8.46. The highest BCUT2D eigenvalue weighted by Crippen LogP contribution is 2.45. The number of benzene rings is 2. The van der Waals surface area contributed by atoms with E-state index in [2.05, 4.69) is 20.5 Å². The summed E-state index contributed by atoms with van der Waals surface area (Å²) < 4.78 is 74.3. The number of alkyl carbamates (subject to hydrolysis) is 1. The van der Waals surface area contributed by atoms with Crippen molar-refractivity contribution in [2.24, 2.45) is 16.1 Å². The van der Waals surface area contributed by atoms with Crippen molar-refractivity contribution >= 4 is 29.6 Å². The van der Waals surface area contributed by atoms with E-state index in [9.17, 15) is 31.5 Å². The quantitative estimate of drug-likeness (QED) is 0.168. The molecule has 1 saturated carbocycles. The highest BCUT2D eigenvalue weighted by atomic mass is 35.5. The average molecular weight is 734 g/mol. The SMILES string of the molecule is CC(C)(C)C[C@]1(c2ccc(-c3cnn(C(F)F)c3)cc2)N=C(N)N([C@H](COC(=O)N[C@H]2C[C@H]2F)c2ccc(Cl)c(-n3ncnc3C(F)F)c2)C1=O. The Morgan fingerprint density at radius 2 is 1.82 bits per heavy atom. The molecule has 2 aliphatic rings. The zero-order valence-electron chi connectivity index (χ0n) is 27.5. The maximum atomic E-state index is 14.8. The van der Waals surface area contributed by atoms with Gasteiger partial charge < -0.3 is 15.8 Å². The van der Waals surface area contributed by atoms with Crippen molar-refractivity contribution in [3.63, 3.8) is 0 Å². The lowest BCUT2D eigenvalue weighted by molar-refractivity contribution is -0.135. The molecule has 3 N–H and O–H groups in total. The molecule has 51 heavy (non-hydrogen) atoms. The number of nitrogens with zero attached hydrogens (tertiary/aromatic N) is 7. The lowest BCUT2D eigenvalue weighted by Gasteiger charge is -2.35. The minimum atomic E-state index is -3.00. The number of carbonyl (C=O) groups is 2. The number of guanidine groups is 1. The van der Waals surface area contributed by atoms with E-state index in [1.54, 1.807) is 24.3 Å². The predicted molar refractivity (Wildman–Crippen MR) is 175 cm³/mol. The van der Waals surface area contributed by atoms with E-state index < -0.39 is 66.6 Å². The first-order valence-corrected chi connectivity index (χ1v) is 16.1. The second-order valence-corrected chi connectivity index (χ2v) is 13.9. The predicted octanol–water partition coefficient (Wildman–Crippen LogP) is 6.48. The molecular weight excluding hydrogens is 701 g/mol. The second-order valence-electron chi connectivity index (χ2n) is 13.5. The Hall–Kier alpha value is -5.06. The van der Waals surface area contributed by atoms with Crippen molar-refractivity contribution in [1.82, 2.24) is 34.8 Å². The molecular formula is C33H33ClF5N9O3. The molecule has 2 aromatic heterocycles. The second kappa shape index (κ2) is 13.6. The fraction of sp³-hybridized carbons (Fsp3) is 0.394. The van der Waals surface area contributed by atoms with Crippen LogP contribution in [0.5, 0.6) is 0 Å². The highest BCUT2D eigenvalue weighted by Gasteiger charge is 2.53. The number of nitrogens with one attached hydrogen (secondary N) is 1. The van der Waals surface area contributed by atoms with E-state index in [1.807, 2.05) is 20.8 Å². The number of rotatable bonds is 11. The summed E-state index contributed by atoms with van der Waals surface area (Å²) in [6, 6.07) is 9.03. The van der Waals surface area contributed by atoms with Gasteiger partial charge >= 0.3 is 12.6 Å². The normalized spacial score (nSPS) is 21.0. The molecule has 0 unspecified atom stereocenters. The number of aromatic nitrogens is 5. The molecule has 0 radical (unpaired) electrons. The van der Waals surface area contributed by atoms with Crippen LogP contribution >= 0.6 is 11.6 Å². The summed E-state index contributed by atoms with van der Waals surface area (Å²) in [4.78, 5) is 37.0. The molecule has 1 aliphatic carbocycles. The number of alkyl halides is 5. The van der Waals surface area contributed by atoms with E-state index in [0.29, 0.717) is 21.4 Å². The first-order chi connectivity index (χ1) is 24.1. The van der Waals surface area contributed by atoms with Crippen LogP contribution in [0, 0.1) is 5.41 Å². The van der Waals surface area contributed by atoms with Crippen LogP contribution in [0.3, 0.4) is 0 Å². The summed E-state index contributed by atoms with van der Waals surface area (Å²) >= 11 is 6.43. The molecule has 1 aliphatic heterocycles. The molecule has 0 saturated heterocycles. The number of ether oxygens (including phenoxy) is 1. The van der Waals surface area contributed by atoms with Gasteiger partial charge in [-0.15, -0.1) is 0 Å². The Bertz CT molecular complexity index is 1960. The first-order valence-electron chi connectivity index (χ1n) is 15.8. The van der Waals surface area contributed by atoms with Gasteiger partial charge in [-0.3, -0.25) is 9.69 Å². The van der Waals surface area contributed by atoms with Gasteiger partial charge in [0.2, 0.25) is 0 Å². The van der Waals surface area contributed by atoms with Gasteiger partial charge in [-0.25, -0.2) is 37.3 Å². The van der Waals surface area contributed by atoms with Crippen molar-refractivity contribution in [1.29, 1.82) is 0 Å². The minimum Gasteiger partial charge on any atom is -0.447 e. The van der Waals surface area contributed by atoms with E-state index in [4.69, 9.17) is 27.1 Å². The molecule has 4 atom stereocenters. The van der Waals surface area contributed by atoms with Crippen molar-refractivity contribution in [3.8, 4) is 16.8 Å². The van der Waals surface area contributed by atoms with Crippen LogP contribution in [0.25, 0.3) is 16.8 Å². The van der Waals surface area contributed by atoms with Gasteiger partial charge in [-0.05, 0) is 40.7 Å². The Morgan fingerprint density at radius 1 is 1.12 bits per heavy atom. The molecule has 4 aromatic rings. The van der Waals surface area contributed by atoms with Gasteiger partial charge in [0, 0.05) is 18.2 Å². The van der Waals surface area contributed by atoms with Gasteiger partial charge in [0.05, 0.1) is 29.0 Å². The smallest absolute Gasteiger partial charge is 0.407 e. The first kappa shape index (κ1) is 35.8. The zero-order valence-corrected chi connectivity index (χ0v) is 28.2. The summed E-state index contributed by atoms with van der Waals surface area (Å²) in [5.74, 6) is -1.49. The number of halogens is 6. The average Bonchev–Trinajstić information content (AvgIpc) is 3.45. The van der Waals surface area contributed by atoms with E-state index >= 15 is 0 Å². The lowest BCUT2D eigenvalue weighted by Crippen LogP contribution is -2.47. The summed E-state index contributed by atoms with van der Waals surface area (Å²) in [6.07, 6.45) is -1.40. The number of hydrogen-bond donors (Lipinski definition) is 2. The molecule has 6 rings (SSSR count). The van der Waals surface area contributed by atoms with Gasteiger partial charge in [-0.2, -0.15) is 19.0 Å². The number of amides is 2. The molecule has 0 bridgehead atoms. The van der Waals surface area contributed by atoms with E-state index in [0.717, 1.165) is 15.9 Å². The van der Waals surface area contributed by atoms with Crippen molar-refractivity contribution < 1.29 is 36.3 Å². The van der Waals surface area contributed by atoms with Gasteiger partial charge in [0.1, 0.15) is 19.1 Å². The third kappa shape index (κ3) is 7.25. The minimum absolute atomic E-state index is 0.00327. The van der Waals surface area contributed by atoms with Crippen LogP contribution in [0.15, 0.2) is 66.2 Å².